The van der Waals surface area contributed by atoms with Crippen molar-refractivity contribution in [3.63, 3.8) is 0 Å². The van der Waals surface area contributed by atoms with E-state index in [-0.39, 0.29) is 21.5 Å². The lowest BCUT2D eigenvalue weighted by Gasteiger charge is -2.06. The first kappa shape index (κ1) is 11.3. The minimum Gasteiger partial charge on any atom is -0.326 e. The van der Waals surface area contributed by atoms with Crippen LogP contribution in [0.2, 0.25) is 0 Å². The molecule has 0 aliphatic heterocycles. The highest BCUT2D eigenvalue weighted by Gasteiger charge is 2.15. The Balaban J connectivity index is 3.33. The van der Waals surface area contributed by atoms with Gasteiger partial charge in [-0.15, -0.1) is 0 Å². The second kappa shape index (κ2) is 4.61. The Morgan fingerprint density at radius 1 is 1.64 bits per heavy atom. The first-order chi connectivity index (χ1) is 6.60. The zero-order valence-electron chi connectivity index (χ0n) is 6.97. The third-order valence-corrected chi connectivity index (χ3v) is 2.41. The van der Waals surface area contributed by atoms with Crippen molar-refractivity contribution < 1.29 is 8.78 Å². The quantitative estimate of drug-likeness (QED) is 0.671. The Kier molecular flexibility index (Phi) is 3.71. The van der Waals surface area contributed by atoms with Crippen LogP contribution in [0.4, 0.5) is 8.78 Å². The van der Waals surface area contributed by atoms with Crippen LogP contribution in [0.1, 0.15) is 23.2 Å². The lowest BCUT2D eigenvalue weighted by atomic mass is 10.1. The van der Waals surface area contributed by atoms with Crippen LogP contribution in [0, 0.1) is 15.0 Å². The molecule has 1 rings (SSSR count). The second-order valence-corrected chi connectivity index (χ2v) is 3.51. The Bertz CT molecular complexity index is 387. The normalized spacial score (nSPS) is 10.3. The predicted octanol–water partition coefficient (Wildman–Crippen LogP) is 1.95. The van der Waals surface area contributed by atoms with Crippen molar-refractivity contribution in [2.24, 2.45) is 5.73 Å². The number of hydrogen-bond donors (Lipinski definition) is 1. The minimum atomic E-state index is -2.64. The SMILES string of the molecule is N#Cc1c(CN)cc(C(F)F)nc1I. The van der Waals surface area contributed by atoms with Crippen molar-refractivity contribution in [3.8, 4) is 6.07 Å². The molecule has 2 N–H and O–H groups in total. The van der Waals surface area contributed by atoms with Crippen LogP contribution in [-0.4, -0.2) is 4.98 Å². The molecule has 0 aliphatic carbocycles. The van der Waals surface area contributed by atoms with Crippen LogP contribution in [-0.2, 0) is 6.54 Å². The van der Waals surface area contributed by atoms with E-state index in [1.54, 1.807) is 22.6 Å². The summed E-state index contributed by atoms with van der Waals surface area (Å²) in [5.41, 5.74) is 5.68. The lowest BCUT2D eigenvalue weighted by molar-refractivity contribution is 0.145. The molecule has 0 saturated carbocycles. The van der Waals surface area contributed by atoms with Gasteiger partial charge in [-0.05, 0) is 34.2 Å². The molecule has 0 aromatic carbocycles. The van der Waals surface area contributed by atoms with E-state index in [0.717, 1.165) is 0 Å². The molecule has 0 spiro atoms. The highest BCUT2D eigenvalue weighted by atomic mass is 127. The third-order valence-electron chi connectivity index (χ3n) is 1.63. The second-order valence-electron chi connectivity index (χ2n) is 2.49. The largest absolute Gasteiger partial charge is 0.326 e. The van der Waals surface area contributed by atoms with Gasteiger partial charge in [0.2, 0.25) is 0 Å². The van der Waals surface area contributed by atoms with Crippen LogP contribution in [0.25, 0.3) is 0 Å². The molecule has 0 unspecified atom stereocenters. The maximum atomic E-state index is 12.3. The van der Waals surface area contributed by atoms with Gasteiger partial charge in [0, 0.05) is 6.54 Å². The summed E-state index contributed by atoms with van der Waals surface area (Å²) < 4.78 is 24.9. The summed E-state index contributed by atoms with van der Waals surface area (Å²) in [6.07, 6.45) is -2.64. The topological polar surface area (TPSA) is 62.7 Å². The third kappa shape index (κ3) is 2.16. The summed E-state index contributed by atoms with van der Waals surface area (Å²) >= 11 is 1.75. The van der Waals surface area contributed by atoms with E-state index in [4.69, 9.17) is 11.0 Å². The van der Waals surface area contributed by atoms with Crippen molar-refractivity contribution in [1.82, 2.24) is 4.98 Å². The average Bonchev–Trinajstić information content (AvgIpc) is 2.16. The van der Waals surface area contributed by atoms with Crippen LogP contribution >= 0.6 is 22.6 Å². The number of halogens is 3. The summed E-state index contributed by atoms with van der Waals surface area (Å²) in [4.78, 5) is 3.61. The van der Waals surface area contributed by atoms with E-state index in [9.17, 15) is 8.78 Å². The number of hydrogen-bond acceptors (Lipinski definition) is 3. The minimum absolute atomic E-state index is 0.0567. The monoisotopic (exact) mass is 309 g/mol. The standard InChI is InChI=1S/C8H6F2IN3/c9-7(10)6-1-4(2-12)5(3-13)8(11)14-6/h1,7H,2,12H2. The molecular weight excluding hydrogens is 303 g/mol. The van der Waals surface area contributed by atoms with E-state index in [1.807, 2.05) is 6.07 Å². The van der Waals surface area contributed by atoms with Crippen molar-refractivity contribution in [1.29, 1.82) is 5.26 Å². The van der Waals surface area contributed by atoms with Gasteiger partial charge in [0.05, 0.1) is 5.56 Å². The number of nitrogens with two attached hydrogens (primary N) is 1. The summed E-state index contributed by atoms with van der Waals surface area (Å²) in [7, 11) is 0. The van der Waals surface area contributed by atoms with E-state index >= 15 is 0 Å². The number of rotatable bonds is 2. The molecule has 0 fully saturated rings. The zero-order valence-corrected chi connectivity index (χ0v) is 9.12. The van der Waals surface area contributed by atoms with Crippen LogP contribution < -0.4 is 5.73 Å². The van der Waals surface area contributed by atoms with Gasteiger partial charge in [0.1, 0.15) is 15.5 Å². The molecule has 1 aromatic rings. The zero-order chi connectivity index (χ0) is 10.7. The lowest BCUT2D eigenvalue weighted by Crippen LogP contribution is -2.05. The summed E-state index contributed by atoms with van der Waals surface area (Å²) in [5.74, 6) is 0. The van der Waals surface area contributed by atoms with Gasteiger partial charge in [-0.25, -0.2) is 13.8 Å². The number of nitriles is 1. The van der Waals surface area contributed by atoms with Gasteiger partial charge in [-0.1, -0.05) is 0 Å². The molecule has 14 heavy (non-hydrogen) atoms. The first-order valence-corrected chi connectivity index (χ1v) is 4.75. The van der Waals surface area contributed by atoms with Crippen molar-refractivity contribution in [2.45, 2.75) is 13.0 Å². The highest BCUT2D eigenvalue weighted by Crippen LogP contribution is 2.22. The molecule has 1 heterocycles. The van der Waals surface area contributed by atoms with Gasteiger partial charge >= 0.3 is 0 Å². The fraction of sp³-hybridized carbons (Fsp3) is 0.250. The van der Waals surface area contributed by atoms with Crippen molar-refractivity contribution in [3.05, 3.63) is 26.6 Å². The molecular formula is C8H6F2IN3. The number of alkyl halides is 2. The van der Waals surface area contributed by atoms with Crippen LogP contribution in [0.15, 0.2) is 6.07 Å². The smallest absolute Gasteiger partial charge is 0.280 e. The molecule has 0 radical (unpaired) electrons. The van der Waals surface area contributed by atoms with Gasteiger partial charge < -0.3 is 5.73 Å². The molecule has 1 aromatic heterocycles. The molecule has 3 nitrogen and oxygen atoms in total. The van der Waals surface area contributed by atoms with Crippen LogP contribution in [0.3, 0.4) is 0 Å². The molecule has 0 atom stereocenters. The highest BCUT2D eigenvalue weighted by molar-refractivity contribution is 14.1. The first-order valence-electron chi connectivity index (χ1n) is 3.67. The Hall–Kier alpha value is -0.810. The molecule has 0 saturated heterocycles. The molecule has 6 heteroatoms. The van der Waals surface area contributed by atoms with Crippen LogP contribution in [0.5, 0.6) is 0 Å². The summed E-state index contributed by atoms with van der Waals surface area (Å²) in [5, 5.41) is 8.72. The molecule has 0 bridgehead atoms. The maximum absolute atomic E-state index is 12.3. The van der Waals surface area contributed by atoms with E-state index < -0.39 is 6.43 Å². The average molecular weight is 309 g/mol. The van der Waals surface area contributed by atoms with E-state index in [0.29, 0.717) is 5.56 Å². The Labute approximate surface area is 93.1 Å². The van der Waals surface area contributed by atoms with E-state index in [2.05, 4.69) is 4.98 Å². The fourth-order valence-corrected chi connectivity index (χ4v) is 1.72. The van der Waals surface area contributed by atoms with Crippen molar-refractivity contribution in [2.75, 3.05) is 0 Å². The number of nitrogens with zero attached hydrogens (tertiary/aromatic N) is 2. The summed E-state index contributed by atoms with van der Waals surface area (Å²) in [6, 6.07) is 3.06. The number of aromatic nitrogens is 1. The molecule has 0 amide bonds. The maximum Gasteiger partial charge on any atom is 0.280 e. The predicted molar refractivity (Wildman–Crippen MR) is 54.5 cm³/mol. The fourth-order valence-electron chi connectivity index (χ4n) is 0.975. The Morgan fingerprint density at radius 2 is 2.29 bits per heavy atom. The number of pyridine rings is 1. The van der Waals surface area contributed by atoms with Crippen molar-refractivity contribution >= 4 is 22.6 Å². The van der Waals surface area contributed by atoms with Gasteiger partial charge in [0.25, 0.3) is 6.43 Å². The van der Waals surface area contributed by atoms with E-state index in [1.165, 1.54) is 6.07 Å². The van der Waals surface area contributed by atoms with Gasteiger partial charge in [-0.3, -0.25) is 0 Å². The summed E-state index contributed by atoms with van der Waals surface area (Å²) in [6.45, 7) is 0.0567. The van der Waals surface area contributed by atoms with Gasteiger partial charge in [-0.2, -0.15) is 5.26 Å². The molecule has 74 valence electrons. The Morgan fingerprint density at radius 3 is 2.71 bits per heavy atom. The van der Waals surface area contributed by atoms with Gasteiger partial charge in [0.15, 0.2) is 0 Å². The molecule has 0 aliphatic rings.